The minimum Gasteiger partial charge on any atom is -0.373 e. The highest BCUT2D eigenvalue weighted by atomic mass is 35.5. The minimum atomic E-state index is -0.499. The van der Waals surface area contributed by atoms with Crippen molar-refractivity contribution >= 4 is 23.4 Å². The number of aromatic nitrogens is 3. The molecule has 1 unspecified atom stereocenters. The van der Waals surface area contributed by atoms with Gasteiger partial charge in [0.05, 0.1) is 11.1 Å². The molecule has 0 aliphatic heterocycles. The van der Waals surface area contributed by atoms with Gasteiger partial charge in [0.2, 0.25) is 5.76 Å². The van der Waals surface area contributed by atoms with Crippen LogP contribution >= 0.6 is 11.6 Å². The van der Waals surface area contributed by atoms with Crippen LogP contribution in [0.4, 0.5) is 0 Å². The number of amides is 2. The first-order valence-electron chi connectivity index (χ1n) is 6.59. The lowest BCUT2D eigenvalue weighted by Gasteiger charge is -2.21. The standard InChI is InChI=1S/C13H14ClN5O4/c1-7(17-12(21)11-8(14)4-15-6-16-11)5-19(2)13(22)9-3-10(20)18-23-9/h3-4,6-7H,5H2,1-2H3,(H,17,21)(H,18,20). The Bertz CT molecular complexity index is 771. The lowest BCUT2D eigenvalue weighted by Crippen LogP contribution is -2.43. The molecule has 0 spiro atoms. The van der Waals surface area contributed by atoms with Crippen LogP contribution in [0, 0.1) is 0 Å². The number of carbonyl (C=O) groups is 2. The number of carbonyl (C=O) groups excluding carboxylic acids is 2. The molecule has 2 rings (SSSR count). The maximum absolute atomic E-state index is 12.0. The summed E-state index contributed by atoms with van der Waals surface area (Å²) in [5, 5.41) is 4.85. The Morgan fingerprint density at radius 2 is 2.26 bits per heavy atom. The highest BCUT2D eigenvalue weighted by Crippen LogP contribution is 2.10. The first-order chi connectivity index (χ1) is 10.9. The zero-order chi connectivity index (χ0) is 17.0. The first-order valence-corrected chi connectivity index (χ1v) is 6.96. The maximum Gasteiger partial charge on any atom is 0.292 e. The lowest BCUT2D eigenvalue weighted by atomic mass is 10.2. The minimum absolute atomic E-state index is 0.0547. The number of nitrogens with zero attached hydrogens (tertiary/aromatic N) is 3. The van der Waals surface area contributed by atoms with E-state index < -0.39 is 17.4 Å². The Balaban J connectivity index is 1.95. The third-order valence-corrected chi connectivity index (χ3v) is 3.17. The molecule has 2 heterocycles. The van der Waals surface area contributed by atoms with Crippen LogP contribution in [0.3, 0.4) is 0 Å². The van der Waals surface area contributed by atoms with E-state index in [0.29, 0.717) is 0 Å². The fourth-order valence-electron chi connectivity index (χ4n) is 1.89. The van der Waals surface area contributed by atoms with Gasteiger partial charge in [-0.25, -0.2) is 9.97 Å². The number of halogens is 1. The normalized spacial score (nSPS) is 11.8. The van der Waals surface area contributed by atoms with Gasteiger partial charge in [0, 0.05) is 25.8 Å². The molecule has 2 aromatic heterocycles. The zero-order valence-corrected chi connectivity index (χ0v) is 13.1. The van der Waals surface area contributed by atoms with Crippen LogP contribution in [-0.4, -0.2) is 51.5 Å². The summed E-state index contributed by atoms with van der Waals surface area (Å²) in [4.78, 5) is 43.9. The van der Waals surface area contributed by atoms with Gasteiger partial charge in [-0.15, -0.1) is 0 Å². The van der Waals surface area contributed by atoms with Gasteiger partial charge >= 0.3 is 0 Å². The first kappa shape index (κ1) is 16.7. The molecular weight excluding hydrogens is 326 g/mol. The van der Waals surface area contributed by atoms with Crippen molar-refractivity contribution in [3.05, 3.63) is 45.4 Å². The van der Waals surface area contributed by atoms with Crippen molar-refractivity contribution in [3.63, 3.8) is 0 Å². The third kappa shape index (κ3) is 4.16. The van der Waals surface area contributed by atoms with Crippen molar-refractivity contribution in [2.45, 2.75) is 13.0 Å². The van der Waals surface area contributed by atoms with E-state index in [4.69, 9.17) is 16.1 Å². The molecule has 2 amide bonds. The molecular formula is C13H14ClN5O4. The molecule has 122 valence electrons. The predicted molar refractivity (Wildman–Crippen MR) is 80.3 cm³/mol. The van der Waals surface area contributed by atoms with Gasteiger partial charge in [-0.05, 0) is 6.92 Å². The molecule has 10 heteroatoms. The highest BCUT2D eigenvalue weighted by Gasteiger charge is 2.20. The van der Waals surface area contributed by atoms with Crippen molar-refractivity contribution in [1.29, 1.82) is 0 Å². The highest BCUT2D eigenvalue weighted by molar-refractivity contribution is 6.33. The summed E-state index contributed by atoms with van der Waals surface area (Å²) in [5.74, 6) is -1.06. The molecule has 0 fully saturated rings. The topological polar surface area (TPSA) is 121 Å². The fraction of sp³-hybridized carbons (Fsp3) is 0.308. The molecule has 1 atom stereocenters. The number of aromatic amines is 1. The second kappa shape index (κ2) is 7.05. The quantitative estimate of drug-likeness (QED) is 0.808. The van der Waals surface area contributed by atoms with Gasteiger partial charge in [0.1, 0.15) is 12.0 Å². The lowest BCUT2D eigenvalue weighted by molar-refractivity contribution is 0.0730. The summed E-state index contributed by atoms with van der Waals surface area (Å²) >= 11 is 5.85. The molecule has 0 aliphatic rings. The van der Waals surface area contributed by atoms with Crippen molar-refractivity contribution < 1.29 is 14.1 Å². The molecule has 0 saturated heterocycles. The molecule has 23 heavy (non-hydrogen) atoms. The van der Waals surface area contributed by atoms with Crippen LogP contribution in [0.2, 0.25) is 5.02 Å². The van der Waals surface area contributed by atoms with E-state index in [2.05, 4.69) is 15.3 Å². The predicted octanol–water partition coefficient (Wildman–Crippen LogP) is 0.302. The molecule has 0 saturated carbocycles. The molecule has 0 aromatic carbocycles. The van der Waals surface area contributed by atoms with Gasteiger partial charge in [0.25, 0.3) is 17.4 Å². The Labute approximate surface area is 135 Å². The summed E-state index contributed by atoms with van der Waals surface area (Å²) in [6, 6.07) is 0.677. The number of likely N-dealkylation sites (N-methyl/N-ethyl adjacent to an activating group) is 1. The number of hydrogen-bond donors (Lipinski definition) is 2. The average Bonchev–Trinajstić information content (AvgIpc) is 2.93. The SMILES string of the molecule is CC(CN(C)C(=O)c1cc(=O)[nH]o1)NC(=O)c1ncncc1Cl. The summed E-state index contributed by atoms with van der Waals surface area (Å²) in [7, 11) is 1.52. The Hall–Kier alpha value is -2.68. The van der Waals surface area contributed by atoms with E-state index in [1.165, 1.54) is 24.5 Å². The van der Waals surface area contributed by atoms with Crippen LogP contribution in [-0.2, 0) is 0 Å². The monoisotopic (exact) mass is 339 g/mol. The van der Waals surface area contributed by atoms with Crippen LogP contribution in [0.25, 0.3) is 0 Å². The van der Waals surface area contributed by atoms with E-state index in [1.807, 2.05) is 5.16 Å². The maximum atomic E-state index is 12.0. The van der Waals surface area contributed by atoms with Gasteiger partial charge in [0.15, 0.2) is 0 Å². The fourth-order valence-corrected chi connectivity index (χ4v) is 2.08. The Morgan fingerprint density at radius 3 is 2.87 bits per heavy atom. The number of H-pyrrole nitrogens is 1. The molecule has 0 radical (unpaired) electrons. The van der Waals surface area contributed by atoms with Crippen LogP contribution in [0.15, 0.2) is 27.9 Å². The molecule has 9 nitrogen and oxygen atoms in total. The van der Waals surface area contributed by atoms with Gasteiger partial charge in [-0.3, -0.25) is 14.4 Å². The van der Waals surface area contributed by atoms with E-state index in [0.717, 1.165) is 6.07 Å². The Morgan fingerprint density at radius 1 is 1.52 bits per heavy atom. The number of hydrogen-bond acceptors (Lipinski definition) is 6. The second-order valence-electron chi connectivity index (χ2n) is 4.86. The van der Waals surface area contributed by atoms with E-state index in [1.54, 1.807) is 6.92 Å². The summed E-state index contributed by atoms with van der Waals surface area (Å²) in [6.45, 7) is 1.91. The molecule has 2 N–H and O–H groups in total. The third-order valence-electron chi connectivity index (χ3n) is 2.89. The van der Waals surface area contributed by atoms with Crippen molar-refractivity contribution in [1.82, 2.24) is 25.3 Å². The van der Waals surface area contributed by atoms with Crippen molar-refractivity contribution in [2.24, 2.45) is 0 Å². The van der Waals surface area contributed by atoms with Gasteiger partial charge in [-0.1, -0.05) is 11.6 Å². The Kier molecular flexibility index (Phi) is 5.12. The molecule has 2 aromatic rings. The van der Waals surface area contributed by atoms with E-state index in [9.17, 15) is 14.4 Å². The summed E-state index contributed by atoms with van der Waals surface area (Å²) in [6.07, 6.45) is 2.53. The van der Waals surface area contributed by atoms with Crippen LogP contribution in [0.1, 0.15) is 28.0 Å². The second-order valence-corrected chi connectivity index (χ2v) is 5.26. The van der Waals surface area contributed by atoms with Crippen molar-refractivity contribution in [2.75, 3.05) is 13.6 Å². The number of rotatable bonds is 5. The van der Waals surface area contributed by atoms with Crippen LogP contribution in [0.5, 0.6) is 0 Å². The van der Waals surface area contributed by atoms with Gasteiger partial charge < -0.3 is 14.7 Å². The largest absolute Gasteiger partial charge is 0.373 e. The molecule has 0 bridgehead atoms. The summed E-state index contributed by atoms with van der Waals surface area (Å²) < 4.78 is 4.74. The number of nitrogens with one attached hydrogen (secondary N) is 2. The molecule has 0 aliphatic carbocycles. The van der Waals surface area contributed by atoms with E-state index >= 15 is 0 Å². The smallest absolute Gasteiger partial charge is 0.292 e. The van der Waals surface area contributed by atoms with Crippen LogP contribution < -0.4 is 10.9 Å². The van der Waals surface area contributed by atoms with Gasteiger partial charge in [-0.2, -0.15) is 5.16 Å². The zero-order valence-electron chi connectivity index (χ0n) is 12.4. The van der Waals surface area contributed by atoms with Crippen molar-refractivity contribution in [3.8, 4) is 0 Å². The van der Waals surface area contributed by atoms with E-state index in [-0.39, 0.29) is 29.1 Å². The summed E-state index contributed by atoms with van der Waals surface area (Å²) in [5.41, 5.74) is -0.444. The average molecular weight is 340 g/mol.